The molecule has 0 spiro atoms. The standard InChI is InChI=1S/C58H38/c1-6-19-40(20-7-1)49-37-51-52(38-50(49)41-21-8-2-9-22-41)57-55(46-35-33-42(34-36-46)48-32-18-30-39-23-16-17-31-47(39)48)54(44-26-12-4-13-27-44)56(45-28-14-5-15-29-45)58(57)53(51)43-24-10-3-11-25-43/h1-38H. The molecular formula is C58H38. The lowest BCUT2D eigenvalue weighted by atomic mass is 9.84. The van der Waals surface area contributed by atoms with Gasteiger partial charge in [0.25, 0.3) is 0 Å². The zero-order chi connectivity index (χ0) is 38.4. The lowest BCUT2D eigenvalue weighted by molar-refractivity contribution is 1.51. The highest BCUT2D eigenvalue weighted by Gasteiger charge is 2.40. The van der Waals surface area contributed by atoms with Gasteiger partial charge in [-0.1, -0.05) is 218 Å². The molecule has 58 heavy (non-hydrogen) atoms. The van der Waals surface area contributed by atoms with Crippen LogP contribution < -0.4 is 0 Å². The first-order valence-electron chi connectivity index (χ1n) is 20.1. The number of hydrogen-bond donors (Lipinski definition) is 0. The molecule has 0 aromatic heterocycles. The van der Waals surface area contributed by atoms with Gasteiger partial charge >= 0.3 is 0 Å². The maximum absolute atomic E-state index is 2.49. The SMILES string of the molecule is c1ccc(C2=C(c3ccccc3)C(c3ccc(-c4cccc5ccccc45)cc3)=C3C2=C(c2ccccc2)c2cc(-c4ccccc4)c(-c4ccccc4)cc23)cc1. The van der Waals surface area contributed by atoms with E-state index >= 15 is 0 Å². The molecule has 0 bridgehead atoms. The van der Waals surface area contributed by atoms with Gasteiger partial charge in [0.1, 0.15) is 0 Å². The van der Waals surface area contributed by atoms with E-state index in [1.54, 1.807) is 0 Å². The average molecular weight is 735 g/mol. The maximum atomic E-state index is 2.49. The Kier molecular flexibility index (Phi) is 8.26. The van der Waals surface area contributed by atoms with Crippen LogP contribution in [0, 0.1) is 0 Å². The molecule has 0 fully saturated rings. The van der Waals surface area contributed by atoms with Gasteiger partial charge in [0.2, 0.25) is 0 Å². The molecule has 0 atom stereocenters. The van der Waals surface area contributed by atoms with Gasteiger partial charge in [-0.2, -0.15) is 0 Å². The number of hydrogen-bond acceptors (Lipinski definition) is 0. The second-order valence-electron chi connectivity index (χ2n) is 15.1. The predicted octanol–water partition coefficient (Wildman–Crippen LogP) is 15.2. The van der Waals surface area contributed by atoms with Crippen LogP contribution in [0.2, 0.25) is 0 Å². The van der Waals surface area contributed by atoms with E-state index in [2.05, 4.69) is 231 Å². The van der Waals surface area contributed by atoms with E-state index in [-0.39, 0.29) is 0 Å². The average Bonchev–Trinajstić information content (AvgIpc) is 3.82. The van der Waals surface area contributed by atoms with Crippen molar-refractivity contribution in [2.45, 2.75) is 0 Å². The van der Waals surface area contributed by atoms with Crippen molar-refractivity contribution in [3.05, 3.63) is 269 Å². The Morgan fingerprint density at radius 3 is 1.05 bits per heavy atom. The summed E-state index contributed by atoms with van der Waals surface area (Å²) >= 11 is 0. The summed E-state index contributed by atoms with van der Waals surface area (Å²) in [6, 6.07) is 84.4. The van der Waals surface area contributed by atoms with Gasteiger partial charge in [0, 0.05) is 0 Å². The normalized spacial score (nSPS) is 13.3. The molecule has 270 valence electrons. The van der Waals surface area contributed by atoms with E-state index < -0.39 is 0 Å². The lowest BCUT2D eigenvalue weighted by Crippen LogP contribution is -1.97. The Labute approximate surface area is 340 Å². The molecule has 0 aliphatic heterocycles. The summed E-state index contributed by atoms with van der Waals surface area (Å²) in [6.45, 7) is 0. The van der Waals surface area contributed by atoms with Crippen molar-refractivity contribution in [3.8, 4) is 33.4 Å². The first-order chi connectivity index (χ1) is 28.8. The van der Waals surface area contributed by atoms with Crippen molar-refractivity contribution >= 4 is 38.6 Å². The molecule has 0 saturated carbocycles. The van der Waals surface area contributed by atoms with E-state index in [1.165, 1.54) is 111 Å². The van der Waals surface area contributed by atoms with Crippen LogP contribution in [0.1, 0.15) is 33.4 Å². The van der Waals surface area contributed by atoms with Gasteiger partial charge in [0.15, 0.2) is 0 Å². The molecule has 0 heteroatoms. The second kappa shape index (κ2) is 14.2. The highest BCUT2D eigenvalue weighted by atomic mass is 14.4. The van der Waals surface area contributed by atoms with Crippen LogP contribution in [0.15, 0.2) is 236 Å². The number of allylic oxidation sites excluding steroid dienone is 5. The van der Waals surface area contributed by atoms with Crippen molar-refractivity contribution in [3.63, 3.8) is 0 Å². The summed E-state index contributed by atoms with van der Waals surface area (Å²) in [6.07, 6.45) is 0. The van der Waals surface area contributed by atoms with Crippen LogP contribution in [0.3, 0.4) is 0 Å². The number of rotatable bonds is 7. The molecule has 9 aromatic carbocycles. The van der Waals surface area contributed by atoms with Gasteiger partial charge < -0.3 is 0 Å². The van der Waals surface area contributed by atoms with Crippen molar-refractivity contribution in [2.75, 3.05) is 0 Å². The van der Waals surface area contributed by atoms with E-state index in [4.69, 9.17) is 0 Å². The molecule has 0 amide bonds. The van der Waals surface area contributed by atoms with Crippen LogP contribution in [0.5, 0.6) is 0 Å². The Hall–Kier alpha value is -7.54. The molecule has 0 radical (unpaired) electrons. The topological polar surface area (TPSA) is 0 Å². The van der Waals surface area contributed by atoms with Crippen molar-refractivity contribution in [1.82, 2.24) is 0 Å². The van der Waals surface area contributed by atoms with Crippen molar-refractivity contribution in [2.24, 2.45) is 0 Å². The Bertz CT molecular complexity index is 3070. The second-order valence-corrected chi connectivity index (χ2v) is 15.1. The van der Waals surface area contributed by atoms with Gasteiger partial charge in [-0.25, -0.2) is 0 Å². The lowest BCUT2D eigenvalue weighted by Gasteiger charge is -2.19. The van der Waals surface area contributed by atoms with Crippen molar-refractivity contribution < 1.29 is 0 Å². The third kappa shape index (κ3) is 5.61. The van der Waals surface area contributed by atoms with Gasteiger partial charge in [-0.05, 0) is 123 Å². The minimum Gasteiger partial charge on any atom is -0.0622 e. The van der Waals surface area contributed by atoms with Gasteiger partial charge in [0.05, 0.1) is 0 Å². The third-order valence-electron chi connectivity index (χ3n) is 11.8. The van der Waals surface area contributed by atoms with Crippen LogP contribution in [0.25, 0.3) is 72.0 Å². The first-order valence-corrected chi connectivity index (χ1v) is 20.1. The smallest absolute Gasteiger partial charge is 0.000137 e. The summed E-state index contributed by atoms with van der Waals surface area (Å²) < 4.78 is 0. The maximum Gasteiger partial charge on any atom is -0.000137 e. The summed E-state index contributed by atoms with van der Waals surface area (Å²) in [4.78, 5) is 0. The van der Waals surface area contributed by atoms with E-state index in [0.717, 1.165) is 0 Å². The van der Waals surface area contributed by atoms with Gasteiger partial charge in [-0.15, -0.1) is 0 Å². The fourth-order valence-electron chi connectivity index (χ4n) is 9.28. The van der Waals surface area contributed by atoms with Crippen LogP contribution >= 0.6 is 0 Å². The molecule has 2 aliphatic rings. The zero-order valence-electron chi connectivity index (χ0n) is 31.9. The molecule has 0 N–H and O–H groups in total. The van der Waals surface area contributed by atoms with Crippen molar-refractivity contribution in [1.29, 1.82) is 0 Å². The Morgan fingerprint density at radius 2 is 0.517 bits per heavy atom. The first kappa shape index (κ1) is 33.8. The third-order valence-corrected chi connectivity index (χ3v) is 11.8. The molecule has 9 aromatic rings. The van der Waals surface area contributed by atoms with Crippen LogP contribution in [-0.4, -0.2) is 0 Å². The number of benzene rings is 9. The number of fused-ring (bicyclic) bond motifs is 4. The fraction of sp³-hybridized carbons (Fsp3) is 0. The van der Waals surface area contributed by atoms with Gasteiger partial charge in [-0.3, -0.25) is 0 Å². The summed E-state index contributed by atoms with van der Waals surface area (Å²) in [5.74, 6) is 0. The monoisotopic (exact) mass is 734 g/mol. The zero-order valence-corrected chi connectivity index (χ0v) is 31.9. The minimum absolute atomic E-state index is 1.20. The highest BCUT2D eigenvalue weighted by Crippen LogP contribution is 2.62. The summed E-state index contributed by atoms with van der Waals surface area (Å²) in [5.41, 5.74) is 22.4. The molecular weight excluding hydrogens is 697 g/mol. The van der Waals surface area contributed by atoms with Crippen LogP contribution in [-0.2, 0) is 0 Å². The molecule has 0 heterocycles. The minimum atomic E-state index is 1.20. The van der Waals surface area contributed by atoms with Crippen LogP contribution in [0.4, 0.5) is 0 Å². The quantitative estimate of drug-likeness (QED) is 0.153. The van der Waals surface area contributed by atoms with E-state index in [0.29, 0.717) is 0 Å². The summed E-state index contributed by atoms with van der Waals surface area (Å²) in [7, 11) is 0. The van der Waals surface area contributed by atoms with E-state index in [1.807, 2.05) is 0 Å². The largest absolute Gasteiger partial charge is 0.0622 e. The fourth-order valence-corrected chi connectivity index (χ4v) is 9.28. The molecule has 0 unspecified atom stereocenters. The molecule has 0 nitrogen and oxygen atoms in total. The van der Waals surface area contributed by atoms with E-state index in [9.17, 15) is 0 Å². The Morgan fingerprint density at radius 1 is 0.172 bits per heavy atom. The summed E-state index contributed by atoms with van der Waals surface area (Å²) in [5, 5.41) is 2.52. The molecule has 2 aliphatic carbocycles. The molecule has 0 saturated heterocycles. The molecule has 11 rings (SSSR count). The predicted molar refractivity (Wildman–Crippen MR) is 246 cm³/mol. The Balaban J connectivity index is 1.26. The highest BCUT2D eigenvalue weighted by molar-refractivity contribution is 6.39.